The molecule has 1 aliphatic carbocycles. The molecule has 4 nitrogen and oxygen atoms in total. The highest BCUT2D eigenvalue weighted by molar-refractivity contribution is 6.35. The molecule has 0 bridgehead atoms. The first-order valence-corrected chi connectivity index (χ1v) is 10.7. The van der Waals surface area contributed by atoms with Crippen LogP contribution >= 0.6 is 23.2 Å². The number of carbonyl (C=O) groups is 1. The van der Waals surface area contributed by atoms with Crippen molar-refractivity contribution in [2.24, 2.45) is 5.92 Å². The lowest BCUT2D eigenvalue weighted by molar-refractivity contribution is -0.121. The summed E-state index contributed by atoms with van der Waals surface area (Å²) in [5, 5.41) is 13.6. The van der Waals surface area contributed by atoms with Gasteiger partial charge in [-0.15, -0.1) is 0 Å². The highest BCUT2D eigenvalue weighted by atomic mass is 35.5. The van der Waals surface area contributed by atoms with Gasteiger partial charge in [-0.25, -0.2) is 0 Å². The first-order chi connectivity index (χ1) is 14.0. The van der Waals surface area contributed by atoms with Crippen LogP contribution in [0.3, 0.4) is 0 Å². The molecule has 2 aromatic carbocycles. The summed E-state index contributed by atoms with van der Waals surface area (Å²) in [6, 6.07) is 15.7. The molecule has 1 N–H and O–H groups in total. The second kappa shape index (κ2) is 8.36. The van der Waals surface area contributed by atoms with Crippen molar-refractivity contribution in [3.8, 4) is 6.07 Å². The molecule has 6 heteroatoms. The van der Waals surface area contributed by atoms with E-state index in [0.29, 0.717) is 23.1 Å². The number of nitrogens with zero attached hydrogens (tertiary/aromatic N) is 2. The fraction of sp³-hybridized carbons (Fsp3) is 0.391. The summed E-state index contributed by atoms with van der Waals surface area (Å²) in [6.45, 7) is 2.37. The number of hydrogen-bond donors (Lipinski definition) is 1. The zero-order valence-corrected chi connectivity index (χ0v) is 17.6. The number of piperidine rings is 1. The van der Waals surface area contributed by atoms with Crippen molar-refractivity contribution in [3.05, 3.63) is 63.6 Å². The summed E-state index contributed by atoms with van der Waals surface area (Å²) in [5.74, 6) is -0.00513. The minimum absolute atomic E-state index is 0.0473. The number of benzene rings is 2. The molecule has 29 heavy (non-hydrogen) atoms. The molecule has 2 fully saturated rings. The van der Waals surface area contributed by atoms with Crippen molar-refractivity contribution in [1.29, 1.82) is 5.26 Å². The van der Waals surface area contributed by atoms with Gasteiger partial charge in [-0.05, 0) is 67.6 Å². The monoisotopic (exact) mass is 427 g/mol. The fourth-order valence-corrected chi connectivity index (χ4v) is 4.48. The lowest BCUT2D eigenvalue weighted by Gasteiger charge is -2.32. The molecule has 1 saturated heterocycles. The van der Waals surface area contributed by atoms with E-state index in [1.807, 2.05) is 36.4 Å². The predicted octanol–water partition coefficient (Wildman–Crippen LogP) is 5.40. The highest BCUT2D eigenvalue weighted by Crippen LogP contribution is 2.47. The Hall–Kier alpha value is -2.06. The largest absolute Gasteiger partial charge is 0.326 e. The van der Waals surface area contributed by atoms with E-state index >= 15 is 0 Å². The predicted molar refractivity (Wildman–Crippen MR) is 116 cm³/mol. The molecule has 1 heterocycles. The Labute approximate surface area is 181 Å². The number of amides is 1. The molecule has 0 spiro atoms. The van der Waals surface area contributed by atoms with Crippen molar-refractivity contribution in [2.45, 2.75) is 37.6 Å². The molecule has 0 radical (unpaired) electrons. The quantitative estimate of drug-likeness (QED) is 0.694. The smallest absolute Gasteiger partial charge is 0.228 e. The zero-order valence-electron chi connectivity index (χ0n) is 16.1. The van der Waals surface area contributed by atoms with E-state index in [1.54, 1.807) is 6.07 Å². The second-order valence-electron chi connectivity index (χ2n) is 8.07. The molecule has 1 aliphatic heterocycles. The van der Waals surface area contributed by atoms with E-state index in [1.165, 1.54) is 0 Å². The SMILES string of the molecule is N#CC1(c2ccc(NC(=O)C3CCCN(Cc4ccc(Cl)cc4Cl)C3)cc2)CC1. The van der Waals surface area contributed by atoms with E-state index in [9.17, 15) is 10.1 Å². The van der Waals surface area contributed by atoms with Crippen LogP contribution in [-0.2, 0) is 16.8 Å². The Morgan fingerprint density at radius 2 is 1.97 bits per heavy atom. The van der Waals surface area contributed by atoms with Crippen LogP contribution in [0, 0.1) is 17.2 Å². The van der Waals surface area contributed by atoms with E-state index in [-0.39, 0.29) is 17.2 Å². The molecule has 0 aromatic heterocycles. The van der Waals surface area contributed by atoms with Crippen LogP contribution in [0.5, 0.6) is 0 Å². The van der Waals surface area contributed by atoms with Crippen LogP contribution in [0.2, 0.25) is 10.0 Å². The molecule has 2 aliphatic rings. The van der Waals surface area contributed by atoms with E-state index in [4.69, 9.17) is 23.2 Å². The van der Waals surface area contributed by atoms with Gasteiger partial charge in [0.25, 0.3) is 0 Å². The average molecular weight is 428 g/mol. The first-order valence-electron chi connectivity index (χ1n) is 9.98. The number of halogens is 2. The van der Waals surface area contributed by atoms with Gasteiger partial charge in [0.1, 0.15) is 0 Å². The summed E-state index contributed by atoms with van der Waals surface area (Å²) in [6.07, 6.45) is 3.70. The molecule has 1 unspecified atom stereocenters. The van der Waals surface area contributed by atoms with Gasteiger partial charge < -0.3 is 5.32 Å². The van der Waals surface area contributed by atoms with E-state index in [0.717, 1.165) is 49.0 Å². The van der Waals surface area contributed by atoms with Crippen LogP contribution < -0.4 is 5.32 Å². The Balaban J connectivity index is 1.35. The van der Waals surface area contributed by atoms with Gasteiger partial charge in [0.2, 0.25) is 5.91 Å². The van der Waals surface area contributed by atoms with Gasteiger partial charge in [0.15, 0.2) is 0 Å². The Morgan fingerprint density at radius 3 is 2.62 bits per heavy atom. The number of nitrogens with one attached hydrogen (secondary N) is 1. The summed E-state index contributed by atoms with van der Waals surface area (Å²) >= 11 is 12.3. The zero-order chi connectivity index (χ0) is 20.4. The molecular weight excluding hydrogens is 405 g/mol. The standard InChI is InChI=1S/C23H23Cl2N3O/c24-19-6-3-16(21(25)12-19)13-28-11-1-2-17(14-28)22(29)27-20-7-4-18(5-8-20)23(15-26)9-10-23/h3-8,12,17H,1-2,9-11,13-14H2,(H,27,29). The van der Waals surface area contributed by atoms with Crippen LogP contribution in [0.15, 0.2) is 42.5 Å². The molecule has 150 valence electrons. The van der Waals surface area contributed by atoms with Gasteiger partial charge in [0, 0.05) is 28.8 Å². The van der Waals surface area contributed by atoms with Crippen molar-refractivity contribution < 1.29 is 4.79 Å². The molecule has 4 rings (SSSR count). The second-order valence-corrected chi connectivity index (χ2v) is 8.91. The van der Waals surface area contributed by atoms with Crippen LogP contribution in [0.25, 0.3) is 0 Å². The minimum atomic E-state index is -0.296. The Kier molecular flexibility index (Phi) is 5.83. The third kappa shape index (κ3) is 4.59. The maximum Gasteiger partial charge on any atom is 0.228 e. The molecule has 1 atom stereocenters. The average Bonchev–Trinajstić information content (AvgIpc) is 3.52. The van der Waals surface area contributed by atoms with Crippen LogP contribution in [0.4, 0.5) is 5.69 Å². The summed E-state index contributed by atoms with van der Waals surface area (Å²) in [5.41, 5.74) is 2.56. The summed E-state index contributed by atoms with van der Waals surface area (Å²) < 4.78 is 0. The number of rotatable bonds is 5. The van der Waals surface area contributed by atoms with Crippen molar-refractivity contribution >= 4 is 34.8 Å². The van der Waals surface area contributed by atoms with Gasteiger partial charge in [-0.1, -0.05) is 41.4 Å². The third-order valence-corrected chi connectivity index (χ3v) is 6.54. The van der Waals surface area contributed by atoms with Crippen LogP contribution in [-0.4, -0.2) is 23.9 Å². The molecule has 2 aromatic rings. The van der Waals surface area contributed by atoms with Gasteiger partial charge in [-0.3, -0.25) is 9.69 Å². The molecular formula is C23H23Cl2N3O. The van der Waals surface area contributed by atoms with Gasteiger partial charge in [0.05, 0.1) is 17.4 Å². The third-order valence-electron chi connectivity index (χ3n) is 5.95. The summed E-state index contributed by atoms with van der Waals surface area (Å²) in [4.78, 5) is 15.1. The first kappa shape index (κ1) is 20.2. The highest BCUT2D eigenvalue weighted by Gasteiger charge is 2.44. The van der Waals surface area contributed by atoms with Crippen molar-refractivity contribution in [1.82, 2.24) is 4.90 Å². The molecule has 1 saturated carbocycles. The lowest BCUT2D eigenvalue weighted by atomic mass is 9.96. The number of likely N-dealkylation sites (tertiary alicyclic amines) is 1. The fourth-order valence-electron chi connectivity index (χ4n) is 4.01. The summed E-state index contributed by atoms with van der Waals surface area (Å²) in [7, 11) is 0. The maximum absolute atomic E-state index is 12.8. The molecule has 1 amide bonds. The van der Waals surface area contributed by atoms with Gasteiger partial charge in [-0.2, -0.15) is 5.26 Å². The number of hydrogen-bond acceptors (Lipinski definition) is 3. The minimum Gasteiger partial charge on any atom is -0.326 e. The van der Waals surface area contributed by atoms with Crippen molar-refractivity contribution in [2.75, 3.05) is 18.4 Å². The number of carbonyl (C=O) groups excluding carboxylic acids is 1. The Bertz CT molecular complexity index is 948. The van der Waals surface area contributed by atoms with Crippen LogP contribution in [0.1, 0.15) is 36.8 Å². The maximum atomic E-state index is 12.8. The lowest BCUT2D eigenvalue weighted by Crippen LogP contribution is -2.40. The topological polar surface area (TPSA) is 56.1 Å². The normalized spacial score (nSPS) is 20.7. The van der Waals surface area contributed by atoms with Crippen molar-refractivity contribution in [3.63, 3.8) is 0 Å². The van der Waals surface area contributed by atoms with E-state index in [2.05, 4.69) is 16.3 Å². The van der Waals surface area contributed by atoms with Gasteiger partial charge >= 0.3 is 0 Å². The number of anilines is 1. The number of nitriles is 1. The van der Waals surface area contributed by atoms with E-state index < -0.39 is 0 Å². The Morgan fingerprint density at radius 1 is 1.21 bits per heavy atom.